The number of halogens is 1. The van der Waals surface area contributed by atoms with E-state index in [2.05, 4.69) is 27.7 Å². The molecule has 2 aromatic rings. The minimum absolute atomic E-state index is 0.663. The van der Waals surface area contributed by atoms with Gasteiger partial charge >= 0.3 is 0 Å². The highest BCUT2D eigenvalue weighted by atomic mass is 127. The Kier molecular flexibility index (Phi) is 4.11. The van der Waals surface area contributed by atoms with Crippen LogP contribution >= 0.6 is 22.6 Å². The van der Waals surface area contributed by atoms with E-state index >= 15 is 0 Å². The van der Waals surface area contributed by atoms with Crippen molar-refractivity contribution in [1.82, 2.24) is 9.78 Å². The lowest BCUT2D eigenvalue weighted by Crippen LogP contribution is -2.06. The lowest BCUT2D eigenvalue weighted by atomic mass is 10.2. The summed E-state index contributed by atoms with van der Waals surface area (Å²) >= 11 is 2.22. The normalized spacial score (nSPS) is 10.6. The molecule has 0 bridgehead atoms. The zero-order valence-electron chi connectivity index (χ0n) is 10.5. The summed E-state index contributed by atoms with van der Waals surface area (Å²) in [4.78, 5) is 0. The maximum absolute atomic E-state index is 6.01. The van der Waals surface area contributed by atoms with Crippen LogP contribution in [0.3, 0.4) is 0 Å². The lowest BCUT2D eigenvalue weighted by molar-refractivity contribution is 0.340. The highest BCUT2D eigenvalue weighted by molar-refractivity contribution is 14.1. The molecule has 0 saturated carbocycles. The van der Waals surface area contributed by atoms with Crippen LogP contribution in [0.25, 0.3) is 0 Å². The second kappa shape index (κ2) is 5.60. The van der Waals surface area contributed by atoms with Gasteiger partial charge in [-0.25, -0.2) is 4.68 Å². The van der Waals surface area contributed by atoms with E-state index in [0.29, 0.717) is 13.2 Å². The number of hydrogen-bond acceptors (Lipinski definition) is 3. The predicted octanol–water partition coefficient (Wildman–Crippen LogP) is 2.83. The summed E-state index contributed by atoms with van der Waals surface area (Å²) in [5.74, 6) is 1.60. The number of nitrogen functional groups attached to an aromatic ring is 1. The van der Waals surface area contributed by atoms with E-state index in [1.807, 2.05) is 42.8 Å². The van der Waals surface area contributed by atoms with Crippen LogP contribution < -0.4 is 10.5 Å². The molecule has 5 heteroatoms. The molecular formula is C13H16IN3O. The first kappa shape index (κ1) is 13.2. The van der Waals surface area contributed by atoms with E-state index in [-0.39, 0.29) is 0 Å². The third-order valence-corrected chi connectivity index (χ3v) is 3.97. The fourth-order valence-electron chi connectivity index (χ4n) is 1.77. The van der Waals surface area contributed by atoms with Crippen molar-refractivity contribution in [2.45, 2.75) is 20.4 Å². The maximum atomic E-state index is 6.01. The van der Waals surface area contributed by atoms with Crippen LogP contribution in [0.5, 0.6) is 5.75 Å². The second-order valence-electron chi connectivity index (χ2n) is 4.02. The molecule has 0 fully saturated rings. The first-order valence-electron chi connectivity index (χ1n) is 5.82. The average Bonchev–Trinajstić information content (AvgIpc) is 2.58. The van der Waals surface area contributed by atoms with Gasteiger partial charge in [-0.2, -0.15) is 5.10 Å². The Morgan fingerprint density at radius 3 is 2.83 bits per heavy atom. The number of aryl methyl sites for hydroxylation is 1. The third kappa shape index (κ3) is 2.77. The fraction of sp³-hybridized carbons (Fsp3) is 0.308. The molecule has 0 spiro atoms. The fourth-order valence-corrected chi connectivity index (χ4v) is 2.16. The van der Waals surface area contributed by atoms with Gasteiger partial charge in [-0.3, -0.25) is 0 Å². The van der Waals surface area contributed by atoms with Crippen LogP contribution in [0, 0.1) is 10.5 Å². The van der Waals surface area contributed by atoms with Crippen LogP contribution in [0.15, 0.2) is 24.3 Å². The molecule has 2 N–H and O–H groups in total. The molecule has 0 unspecified atom stereocenters. The quantitative estimate of drug-likeness (QED) is 0.857. The minimum atomic E-state index is 0.663. The summed E-state index contributed by atoms with van der Waals surface area (Å²) < 4.78 is 8.32. The summed E-state index contributed by atoms with van der Waals surface area (Å²) in [6.45, 7) is 5.27. The van der Waals surface area contributed by atoms with E-state index in [4.69, 9.17) is 10.5 Å². The Hall–Kier alpha value is -1.24. The lowest BCUT2D eigenvalue weighted by Gasteiger charge is -2.07. The average molecular weight is 357 g/mol. The number of hydrogen-bond donors (Lipinski definition) is 1. The van der Waals surface area contributed by atoms with Crippen LogP contribution in [0.2, 0.25) is 0 Å². The Bertz CT molecular complexity index is 551. The molecule has 0 saturated heterocycles. The number of ether oxygens (including phenoxy) is 1. The topological polar surface area (TPSA) is 53.1 Å². The first-order valence-corrected chi connectivity index (χ1v) is 6.89. The number of nitrogens with zero attached hydrogens (tertiary/aromatic N) is 2. The van der Waals surface area contributed by atoms with Crippen molar-refractivity contribution in [2.75, 3.05) is 12.3 Å². The van der Waals surface area contributed by atoms with Gasteiger partial charge in [0.15, 0.2) is 0 Å². The molecule has 18 heavy (non-hydrogen) atoms. The third-order valence-electron chi connectivity index (χ3n) is 2.63. The summed E-state index contributed by atoms with van der Waals surface area (Å²) in [5.41, 5.74) is 8.11. The standard InChI is InChI=1S/C13H16IN3O/c1-3-18-11-6-4-5-10(7-11)8-17-13(15)12(14)9(2)16-17/h4-7H,3,8,15H2,1-2H3. The summed E-state index contributed by atoms with van der Waals surface area (Å²) in [5, 5.41) is 4.42. The molecule has 1 aromatic heterocycles. The van der Waals surface area contributed by atoms with Crippen molar-refractivity contribution in [1.29, 1.82) is 0 Å². The Balaban J connectivity index is 2.23. The van der Waals surface area contributed by atoms with Gasteiger partial charge in [-0.15, -0.1) is 0 Å². The molecule has 0 aliphatic carbocycles. The molecule has 4 nitrogen and oxygen atoms in total. The number of anilines is 1. The van der Waals surface area contributed by atoms with Gasteiger partial charge in [0.1, 0.15) is 11.6 Å². The van der Waals surface area contributed by atoms with Gasteiger partial charge in [-0.05, 0) is 54.1 Å². The van der Waals surface area contributed by atoms with E-state index in [1.54, 1.807) is 0 Å². The molecule has 2 rings (SSSR count). The Labute approximate surface area is 120 Å². The first-order chi connectivity index (χ1) is 8.61. The van der Waals surface area contributed by atoms with Crippen molar-refractivity contribution >= 4 is 28.4 Å². The van der Waals surface area contributed by atoms with Crippen molar-refractivity contribution in [3.05, 3.63) is 39.1 Å². The highest BCUT2D eigenvalue weighted by Gasteiger charge is 2.09. The molecule has 96 valence electrons. The number of nitrogens with two attached hydrogens (primary N) is 1. The van der Waals surface area contributed by atoms with Crippen LogP contribution in [0.4, 0.5) is 5.82 Å². The van der Waals surface area contributed by atoms with Gasteiger partial charge in [0.25, 0.3) is 0 Å². The smallest absolute Gasteiger partial charge is 0.135 e. The zero-order chi connectivity index (χ0) is 13.1. The van der Waals surface area contributed by atoms with Gasteiger partial charge < -0.3 is 10.5 Å². The van der Waals surface area contributed by atoms with E-state index in [9.17, 15) is 0 Å². The molecule has 0 atom stereocenters. The molecule has 0 amide bonds. The maximum Gasteiger partial charge on any atom is 0.135 e. The van der Waals surface area contributed by atoms with Crippen molar-refractivity contribution in [3.8, 4) is 5.75 Å². The van der Waals surface area contributed by atoms with E-state index in [1.165, 1.54) is 0 Å². The van der Waals surface area contributed by atoms with Crippen LogP contribution in [-0.4, -0.2) is 16.4 Å². The SMILES string of the molecule is CCOc1cccc(Cn2nc(C)c(I)c2N)c1. The molecule has 0 radical (unpaired) electrons. The molecule has 1 aromatic carbocycles. The van der Waals surface area contributed by atoms with E-state index < -0.39 is 0 Å². The zero-order valence-corrected chi connectivity index (χ0v) is 12.6. The Morgan fingerprint density at radius 2 is 2.22 bits per heavy atom. The minimum Gasteiger partial charge on any atom is -0.494 e. The van der Waals surface area contributed by atoms with E-state index in [0.717, 1.165) is 26.4 Å². The summed E-state index contributed by atoms with van der Waals surface area (Å²) in [6.07, 6.45) is 0. The van der Waals surface area contributed by atoms with Crippen molar-refractivity contribution in [3.63, 3.8) is 0 Å². The van der Waals surface area contributed by atoms with Crippen molar-refractivity contribution in [2.24, 2.45) is 0 Å². The molecular weight excluding hydrogens is 341 g/mol. The predicted molar refractivity (Wildman–Crippen MR) is 80.8 cm³/mol. The second-order valence-corrected chi connectivity index (χ2v) is 5.10. The van der Waals surface area contributed by atoms with Gasteiger partial charge in [0.2, 0.25) is 0 Å². The van der Waals surface area contributed by atoms with Crippen molar-refractivity contribution < 1.29 is 4.74 Å². The van der Waals surface area contributed by atoms with Gasteiger partial charge in [-0.1, -0.05) is 12.1 Å². The largest absolute Gasteiger partial charge is 0.494 e. The molecule has 1 heterocycles. The number of benzene rings is 1. The molecule has 0 aliphatic rings. The van der Waals surface area contributed by atoms with Crippen LogP contribution in [-0.2, 0) is 6.54 Å². The van der Waals surface area contributed by atoms with Crippen LogP contribution in [0.1, 0.15) is 18.2 Å². The molecule has 0 aliphatic heterocycles. The number of rotatable bonds is 4. The summed E-state index contributed by atoms with van der Waals surface area (Å²) in [6, 6.07) is 8.00. The summed E-state index contributed by atoms with van der Waals surface area (Å²) in [7, 11) is 0. The van der Waals surface area contributed by atoms with Gasteiger partial charge in [0, 0.05) is 0 Å². The highest BCUT2D eigenvalue weighted by Crippen LogP contribution is 2.20. The monoisotopic (exact) mass is 357 g/mol. The van der Waals surface area contributed by atoms with Gasteiger partial charge in [0.05, 0.1) is 22.4 Å². The Morgan fingerprint density at radius 1 is 1.44 bits per heavy atom. The number of aromatic nitrogens is 2.